The van der Waals surface area contributed by atoms with Crippen molar-refractivity contribution in [2.75, 3.05) is 17.2 Å². The molecule has 3 aromatic carbocycles. The van der Waals surface area contributed by atoms with Gasteiger partial charge in [-0.25, -0.2) is 4.79 Å². The molecule has 1 unspecified atom stereocenters. The van der Waals surface area contributed by atoms with Crippen LogP contribution in [0.3, 0.4) is 0 Å². The van der Waals surface area contributed by atoms with Crippen LogP contribution >= 0.6 is 11.3 Å². The highest BCUT2D eigenvalue weighted by molar-refractivity contribution is 7.16. The Labute approximate surface area is 209 Å². The van der Waals surface area contributed by atoms with Crippen molar-refractivity contribution < 1.29 is 14.3 Å². The van der Waals surface area contributed by atoms with Gasteiger partial charge in [0.15, 0.2) is 0 Å². The Morgan fingerprint density at radius 3 is 2.11 bits per heavy atom. The maximum absolute atomic E-state index is 13.0. The van der Waals surface area contributed by atoms with Crippen molar-refractivity contribution in [2.45, 2.75) is 26.8 Å². The van der Waals surface area contributed by atoms with E-state index in [1.807, 2.05) is 48.5 Å². The van der Waals surface area contributed by atoms with Crippen LogP contribution in [-0.2, 0) is 4.74 Å². The van der Waals surface area contributed by atoms with Crippen LogP contribution in [0.15, 0.2) is 84.9 Å². The van der Waals surface area contributed by atoms with Crippen molar-refractivity contribution >= 4 is 33.9 Å². The van der Waals surface area contributed by atoms with E-state index in [1.165, 1.54) is 0 Å². The lowest BCUT2D eigenvalue weighted by Crippen LogP contribution is -2.17. The summed E-state index contributed by atoms with van der Waals surface area (Å²) in [6.45, 7) is 6.28. The van der Waals surface area contributed by atoms with Crippen molar-refractivity contribution in [3.05, 3.63) is 118 Å². The van der Waals surface area contributed by atoms with Gasteiger partial charge >= 0.3 is 5.97 Å². The minimum atomic E-state index is -0.339. The standard InChI is InChI=1S/C29H28N2O3S/c1-4-34-29(33)23-15-17-24(18-16-23)30-26(21-11-7-5-8-12-21)25-19(2)20(3)35-28(25)31-27(32)22-13-9-6-10-14-22/h5-18,26,30H,4H2,1-3H3,(H,31,32). The number of ether oxygens (including phenoxy) is 1. The van der Waals surface area contributed by atoms with Gasteiger partial charge in [0.2, 0.25) is 0 Å². The van der Waals surface area contributed by atoms with Gasteiger partial charge in [0, 0.05) is 21.7 Å². The molecule has 0 radical (unpaired) electrons. The van der Waals surface area contributed by atoms with Crippen molar-refractivity contribution in [3.8, 4) is 0 Å². The highest BCUT2D eigenvalue weighted by Crippen LogP contribution is 2.41. The van der Waals surface area contributed by atoms with E-state index >= 15 is 0 Å². The Balaban J connectivity index is 1.70. The molecule has 0 saturated heterocycles. The zero-order chi connectivity index (χ0) is 24.8. The third-order valence-electron chi connectivity index (χ3n) is 5.82. The van der Waals surface area contributed by atoms with Crippen LogP contribution in [0.25, 0.3) is 0 Å². The summed E-state index contributed by atoms with van der Waals surface area (Å²) in [5, 5.41) is 7.58. The summed E-state index contributed by atoms with van der Waals surface area (Å²) in [6.07, 6.45) is 0. The van der Waals surface area contributed by atoms with Gasteiger partial charge in [0.25, 0.3) is 5.91 Å². The van der Waals surface area contributed by atoms with Crippen LogP contribution in [0.4, 0.5) is 10.7 Å². The van der Waals surface area contributed by atoms with Crippen molar-refractivity contribution in [3.63, 3.8) is 0 Å². The largest absolute Gasteiger partial charge is 0.462 e. The maximum Gasteiger partial charge on any atom is 0.338 e. The van der Waals surface area contributed by atoms with Gasteiger partial charge in [-0.1, -0.05) is 48.5 Å². The summed E-state index contributed by atoms with van der Waals surface area (Å²) >= 11 is 1.58. The van der Waals surface area contributed by atoms with Crippen LogP contribution in [0.2, 0.25) is 0 Å². The Bertz CT molecular complexity index is 1300. The quantitative estimate of drug-likeness (QED) is 0.264. The highest BCUT2D eigenvalue weighted by atomic mass is 32.1. The third kappa shape index (κ3) is 5.61. The number of amides is 1. The topological polar surface area (TPSA) is 67.4 Å². The van der Waals surface area contributed by atoms with Gasteiger partial charge < -0.3 is 15.4 Å². The zero-order valence-corrected chi connectivity index (χ0v) is 20.8. The monoisotopic (exact) mass is 484 g/mol. The number of thiophene rings is 1. The number of nitrogens with one attached hydrogen (secondary N) is 2. The Morgan fingerprint density at radius 2 is 1.49 bits per heavy atom. The lowest BCUT2D eigenvalue weighted by molar-refractivity contribution is 0.0526. The molecule has 4 aromatic rings. The van der Waals surface area contributed by atoms with E-state index in [2.05, 4.69) is 36.6 Å². The fourth-order valence-corrected chi connectivity index (χ4v) is 4.99. The molecule has 0 bridgehead atoms. The first kappa shape index (κ1) is 24.2. The Hall–Kier alpha value is -3.90. The van der Waals surface area contributed by atoms with Crippen LogP contribution in [-0.4, -0.2) is 18.5 Å². The van der Waals surface area contributed by atoms with E-state index < -0.39 is 0 Å². The van der Waals surface area contributed by atoms with Gasteiger partial charge in [-0.2, -0.15) is 0 Å². The number of hydrogen-bond donors (Lipinski definition) is 2. The molecule has 1 heterocycles. The van der Waals surface area contributed by atoms with E-state index in [1.54, 1.807) is 42.5 Å². The molecule has 0 aliphatic heterocycles. The van der Waals surface area contributed by atoms with E-state index in [9.17, 15) is 9.59 Å². The fourth-order valence-electron chi connectivity index (χ4n) is 3.90. The first-order valence-electron chi connectivity index (χ1n) is 11.5. The third-order valence-corrected chi connectivity index (χ3v) is 6.96. The average molecular weight is 485 g/mol. The molecular weight excluding hydrogens is 456 g/mol. The first-order valence-corrected chi connectivity index (χ1v) is 12.3. The molecule has 0 spiro atoms. The first-order chi connectivity index (χ1) is 17.0. The summed E-state index contributed by atoms with van der Waals surface area (Å²) in [5.74, 6) is -0.479. The SMILES string of the molecule is CCOC(=O)c1ccc(NC(c2ccccc2)c2c(NC(=O)c3ccccc3)sc(C)c2C)cc1. The molecule has 1 aromatic heterocycles. The summed E-state index contributed by atoms with van der Waals surface area (Å²) in [4.78, 5) is 26.2. The second-order valence-corrected chi connectivity index (χ2v) is 9.36. The van der Waals surface area contributed by atoms with Crippen LogP contribution < -0.4 is 10.6 Å². The molecule has 0 aliphatic carbocycles. The number of esters is 1. The Morgan fingerprint density at radius 1 is 0.857 bits per heavy atom. The fraction of sp³-hybridized carbons (Fsp3) is 0.172. The molecular formula is C29H28N2O3S. The van der Waals surface area contributed by atoms with Crippen LogP contribution in [0, 0.1) is 13.8 Å². The summed E-state index contributed by atoms with van der Waals surface area (Å²) in [6, 6.07) is 26.4. The van der Waals surface area contributed by atoms with E-state index in [4.69, 9.17) is 4.74 Å². The summed E-state index contributed by atoms with van der Waals surface area (Å²) in [5.41, 5.74) is 5.20. The number of rotatable bonds is 8. The molecule has 0 fully saturated rings. The molecule has 2 N–H and O–H groups in total. The second-order valence-electron chi connectivity index (χ2n) is 8.13. The van der Waals surface area contributed by atoms with E-state index in [0.29, 0.717) is 17.7 Å². The number of carbonyl (C=O) groups excluding carboxylic acids is 2. The summed E-state index contributed by atoms with van der Waals surface area (Å²) in [7, 11) is 0. The van der Waals surface area contributed by atoms with Gasteiger partial charge in [-0.3, -0.25) is 4.79 Å². The predicted octanol–water partition coefficient (Wildman–Crippen LogP) is 7.00. The lowest BCUT2D eigenvalue weighted by atomic mass is 9.96. The number of benzene rings is 3. The number of anilines is 2. The van der Waals surface area contributed by atoms with Crippen LogP contribution in [0.5, 0.6) is 0 Å². The predicted molar refractivity (Wildman–Crippen MR) is 142 cm³/mol. The molecule has 6 heteroatoms. The minimum Gasteiger partial charge on any atom is -0.462 e. The molecule has 0 saturated carbocycles. The Kier molecular flexibility index (Phi) is 7.63. The molecule has 1 amide bonds. The molecule has 178 valence electrons. The second kappa shape index (κ2) is 11.0. The van der Waals surface area contributed by atoms with Gasteiger partial charge in [0.1, 0.15) is 5.00 Å². The number of hydrogen-bond acceptors (Lipinski definition) is 5. The highest BCUT2D eigenvalue weighted by Gasteiger charge is 2.25. The van der Waals surface area contributed by atoms with Crippen LogP contribution in [0.1, 0.15) is 55.2 Å². The van der Waals surface area contributed by atoms with Gasteiger partial charge in [0.05, 0.1) is 18.2 Å². The molecule has 5 nitrogen and oxygen atoms in total. The normalized spacial score (nSPS) is 11.5. The van der Waals surface area contributed by atoms with Crippen molar-refractivity contribution in [2.24, 2.45) is 0 Å². The molecule has 0 aliphatic rings. The lowest BCUT2D eigenvalue weighted by Gasteiger charge is -2.23. The minimum absolute atomic E-state index is 0.140. The van der Waals surface area contributed by atoms with Gasteiger partial charge in [-0.15, -0.1) is 11.3 Å². The molecule has 1 atom stereocenters. The van der Waals surface area contributed by atoms with Gasteiger partial charge in [-0.05, 0) is 68.3 Å². The van der Waals surface area contributed by atoms with E-state index in [0.717, 1.165) is 32.3 Å². The molecule has 35 heavy (non-hydrogen) atoms. The smallest absolute Gasteiger partial charge is 0.338 e. The molecule has 4 rings (SSSR count). The maximum atomic E-state index is 13.0. The van der Waals surface area contributed by atoms with Crippen molar-refractivity contribution in [1.82, 2.24) is 0 Å². The van der Waals surface area contributed by atoms with E-state index in [-0.39, 0.29) is 17.9 Å². The van der Waals surface area contributed by atoms with Crippen molar-refractivity contribution in [1.29, 1.82) is 0 Å². The average Bonchev–Trinajstić information content (AvgIpc) is 3.16. The summed E-state index contributed by atoms with van der Waals surface area (Å²) < 4.78 is 5.10. The number of carbonyl (C=O) groups is 2. The number of aryl methyl sites for hydroxylation is 1. The zero-order valence-electron chi connectivity index (χ0n) is 20.0.